The van der Waals surface area contributed by atoms with Crippen molar-refractivity contribution in [1.29, 1.82) is 0 Å². The molecule has 0 aliphatic heterocycles. The third-order valence-corrected chi connectivity index (χ3v) is 4.31. The predicted octanol–water partition coefficient (Wildman–Crippen LogP) is 3.57. The van der Waals surface area contributed by atoms with Gasteiger partial charge in [0.2, 0.25) is 0 Å². The summed E-state index contributed by atoms with van der Waals surface area (Å²) in [6, 6.07) is 6.04. The topological polar surface area (TPSA) is 103 Å². The average Bonchev–Trinajstić information content (AvgIpc) is 2.94. The highest BCUT2D eigenvalue weighted by molar-refractivity contribution is 7.80. The summed E-state index contributed by atoms with van der Waals surface area (Å²) >= 11 is 6.52. The minimum Gasteiger partial charge on any atom is -0.496 e. The van der Waals surface area contributed by atoms with Gasteiger partial charge in [-0.1, -0.05) is 0 Å². The van der Waals surface area contributed by atoms with Crippen LogP contribution in [0.3, 0.4) is 0 Å². The summed E-state index contributed by atoms with van der Waals surface area (Å²) in [6.07, 6.45) is 0. The van der Waals surface area contributed by atoms with Crippen LogP contribution in [0.5, 0.6) is 5.75 Å². The van der Waals surface area contributed by atoms with E-state index in [9.17, 15) is 14.9 Å². The van der Waals surface area contributed by atoms with Gasteiger partial charge >= 0.3 is 5.97 Å². The van der Waals surface area contributed by atoms with Gasteiger partial charge in [-0.25, -0.2) is 4.79 Å². The van der Waals surface area contributed by atoms with E-state index in [1.807, 2.05) is 6.92 Å². The highest BCUT2D eigenvalue weighted by Gasteiger charge is 2.19. The number of hydrogen-bond acceptors (Lipinski definition) is 7. The van der Waals surface area contributed by atoms with E-state index >= 15 is 0 Å². The first-order valence-electron chi connectivity index (χ1n) is 6.95. The molecule has 0 saturated carbocycles. The summed E-state index contributed by atoms with van der Waals surface area (Å²) in [5.74, 6) is -0.136. The van der Waals surface area contributed by atoms with Gasteiger partial charge in [0.15, 0.2) is 5.11 Å². The van der Waals surface area contributed by atoms with Crippen molar-refractivity contribution in [3.8, 4) is 5.75 Å². The molecule has 0 spiro atoms. The number of benzene rings is 1. The Morgan fingerprint density at radius 2 is 2.00 bits per heavy atom. The van der Waals surface area contributed by atoms with E-state index in [0.717, 1.165) is 4.88 Å². The number of esters is 1. The number of methoxy groups -OCH3 is 2. The quantitative estimate of drug-likeness (QED) is 0.351. The Morgan fingerprint density at radius 3 is 2.60 bits per heavy atom. The number of ether oxygens (including phenoxy) is 2. The Kier molecular flexibility index (Phi) is 5.88. The largest absolute Gasteiger partial charge is 0.496 e. The molecule has 0 bridgehead atoms. The van der Waals surface area contributed by atoms with Gasteiger partial charge in [0.05, 0.1) is 30.8 Å². The molecule has 0 atom stereocenters. The molecule has 2 aromatic rings. The fourth-order valence-corrected chi connectivity index (χ4v) is 3.20. The first-order valence-corrected chi connectivity index (χ1v) is 8.17. The molecule has 1 aromatic carbocycles. The lowest BCUT2D eigenvalue weighted by Crippen LogP contribution is -2.20. The van der Waals surface area contributed by atoms with Crippen molar-refractivity contribution in [3.05, 3.63) is 44.8 Å². The first-order chi connectivity index (χ1) is 11.8. The smallest absolute Gasteiger partial charge is 0.340 e. The minimum absolute atomic E-state index is 0.111. The van der Waals surface area contributed by atoms with Crippen LogP contribution in [-0.4, -0.2) is 30.2 Å². The van der Waals surface area contributed by atoms with Crippen LogP contribution in [0.4, 0.5) is 16.4 Å². The van der Waals surface area contributed by atoms with Gasteiger partial charge in [0.25, 0.3) is 5.69 Å². The second-order valence-corrected chi connectivity index (χ2v) is 6.48. The molecule has 0 aliphatic rings. The third kappa shape index (κ3) is 4.43. The van der Waals surface area contributed by atoms with E-state index in [1.54, 1.807) is 12.1 Å². The van der Waals surface area contributed by atoms with Crippen LogP contribution >= 0.6 is 23.6 Å². The number of nitrogens with one attached hydrogen (secondary N) is 2. The summed E-state index contributed by atoms with van der Waals surface area (Å²) in [6.45, 7) is 1.84. The number of rotatable bonds is 5. The van der Waals surface area contributed by atoms with Crippen molar-refractivity contribution in [1.82, 2.24) is 0 Å². The van der Waals surface area contributed by atoms with E-state index in [0.29, 0.717) is 16.3 Å². The first kappa shape index (κ1) is 18.6. The highest BCUT2D eigenvalue weighted by atomic mass is 32.1. The molecule has 0 amide bonds. The fourth-order valence-electron chi connectivity index (χ4n) is 2.02. The van der Waals surface area contributed by atoms with Crippen LogP contribution in [0.25, 0.3) is 0 Å². The molecule has 8 nitrogen and oxygen atoms in total. The van der Waals surface area contributed by atoms with Crippen LogP contribution in [-0.2, 0) is 4.74 Å². The average molecular weight is 381 g/mol. The van der Waals surface area contributed by atoms with Crippen molar-refractivity contribution in [2.24, 2.45) is 0 Å². The Balaban J connectivity index is 2.21. The van der Waals surface area contributed by atoms with Crippen molar-refractivity contribution < 1.29 is 19.2 Å². The Hall–Kier alpha value is -2.72. The highest BCUT2D eigenvalue weighted by Crippen LogP contribution is 2.31. The lowest BCUT2D eigenvalue weighted by molar-refractivity contribution is -0.384. The molecule has 0 unspecified atom stereocenters. The second kappa shape index (κ2) is 7.90. The van der Waals surface area contributed by atoms with Crippen molar-refractivity contribution in [3.63, 3.8) is 0 Å². The maximum Gasteiger partial charge on any atom is 0.340 e. The van der Waals surface area contributed by atoms with Gasteiger partial charge < -0.3 is 20.1 Å². The van der Waals surface area contributed by atoms with Gasteiger partial charge in [-0.15, -0.1) is 11.3 Å². The summed E-state index contributed by atoms with van der Waals surface area (Å²) in [5.41, 5.74) is 0.369. The van der Waals surface area contributed by atoms with Crippen LogP contribution in [0.2, 0.25) is 0 Å². The molecule has 1 heterocycles. The Bertz CT molecular complexity index is 835. The van der Waals surface area contributed by atoms with Gasteiger partial charge in [-0.05, 0) is 37.3 Å². The lowest BCUT2D eigenvalue weighted by Gasteiger charge is -2.11. The molecule has 10 heteroatoms. The number of hydrogen-bond donors (Lipinski definition) is 2. The van der Waals surface area contributed by atoms with Gasteiger partial charge in [0.1, 0.15) is 16.4 Å². The van der Waals surface area contributed by atoms with E-state index in [4.69, 9.17) is 21.7 Å². The van der Waals surface area contributed by atoms with Crippen molar-refractivity contribution in [2.45, 2.75) is 6.92 Å². The van der Waals surface area contributed by atoms with Crippen LogP contribution in [0.15, 0.2) is 24.3 Å². The molecular weight excluding hydrogens is 366 g/mol. The summed E-state index contributed by atoms with van der Waals surface area (Å²) in [4.78, 5) is 23.3. The summed E-state index contributed by atoms with van der Waals surface area (Å²) < 4.78 is 9.71. The zero-order valence-electron chi connectivity index (χ0n) is 13.6. The number of aryl methyl sites for hydroxylation is 1. The molecular formula is C15H15N3O5S2. The molecule has 25 heavy (non-hydrogen) atoms. The van der Waals surface area contributed by atoms with Gasteiger partial charge in [-0.2, -0.15) is 0 Å². The monoisotopic (exact) mass is 381 g/mol. The number of anilines is 2. The third-order valence-electron chi connectivity index (χ3n) is 3.14. The maximum absolute atomic E-state index is 11.8. The predicted molar refractivity (Wildman–Crippen MR) is 99.9 cm³/mol. The molecule has 2 N–H and O–H groups in total. The summed E-state index contributed by atoms with van der Waals surface area (Å²) in [5, 5.41) is 17.4. The van der Waals surface area contributed by atoms with Gasteiger partial charge in [-0.3, -0.25) is 10.1 Å². The SMILES string of the molecule is COC(=O)c1cc(C)sc1NC(=S)Nc1ccc(OC)cc1[N+](=O)[O-]. The molecule has 0 radical (unpaired) electrons. The second-order valence-electron chi connectivity index (χ2n) is 4.81. The fraction of sp³-hybridized carbons (Fsp3) is 0.200. The Morgan fingerprint density at radius 1 is 1.28 bits per heavy atom. The zero-order chi connectivity index (χ0) is 18.6. The molecule has 0 aliphatic carbocycles. The maximum atomic E-state index is 11.8. The standard InChI is InChI=1S/C15H15N3O5S2/c1-8-6-10(14(19)23-3)13(25-8)17-15(24)16-11-5-4-9(22-2)7-12(11)18(20)21/h4-7H,1-3H3,(H2,16,17,24). The molecule has 0 fully saturated rings. The number of thiophene rings is 1. The number of carbonyl (C=O) groups excluding carboxylic acids is 1. The number of nitro benzene ring substituents is 1. The number of nitro groups is 1. The molecule has 132 valence electrons. The molecule has 2 rings (SSSR count). The molecule has 0 saturated heterocycles. The normalized spacial score (nSPS) is 10.0. The van der Waals surface area contributed by atoms with E-state index in [-0.39, 0.29) is 16.5 Å². The van der Waals surface area contributed by atoms with E-state index in [2.05, 4.69) is 10.6 Å². The van der Waals surface area contributed by atoms with Gasteiger partial charge in [0, 0.05) is 4.88 Å². The lowest BCUT2D eigenvalue weighted by atomic mass is 10.2. The minimum atomic E-state index is -0.539. The molecule has 1 aromatic heterocycles. The van der Waals surface area contributed by atoms with Crippen molar-refractivity contribution in [2.75, 3.05) is 24.9 Å². The van der Waals surface area contributed by atoms with E-state index < -0.39 is 10.9 Å². The van der Waals surface area contributed by atoms with Crippen molar-refractivity contribution >= 4 is 51.0 Å². The van der Waals surface area contributed by atoms with Crippen LogP contribution < -0.4 is 15.4 Å². The van der Waals surface area contributed by atoms with Crippen LogP contribution in [0.1, 0.15) is 15.2 Å². The number of carbonyl (C=O) groups is 1. The summed E-state index contributed by atoms with van der Waals surface area (Å²) in [7, 11) is 2.71. The Labute approximate surface area is 152 Å². The number of thiocarbonyl (C=S) groups is 1. The number of nitrogens with zero attached hydrogens (tertiary/aromatic N) is 1. The van der Waals surface area contributed by atoms with Crippen LogP contribution in [0, 0.1) is 17.0 Å². The van der Waals surface area contributed by atoms with E-state index in [1.165, 1.54) is 37.7 Å². The zero-order valence-corrected chi connectivity index (χ0v) is 15.2.